The predicted molar refractivity (Wildman–Crippen MR) is 149 cm³/mol. The molecule has 9 heteroatoms. The largest absolute Gasteiger partial charge is 0.459 e. The smallest absolute Gasteiger partial charge is 0.453 e. The highest BCUT2D eigenvalue weighted by atomic mass is 35.5. The zero-order valence-corrected chi connectivity index (χ0v) is 24.1. The van der Waals surface area contributed by atoms with Gasteiger partial charge in [-0.15, -0.1) is 0 Å². The molecule has 2 aromatic carbocycles. The first-order valence-electron chi connectivity index (χ1n) is 13.5. The number of hydrogen-bond acceptors (Lipinski definition) is 8. The molecule has 0 bridgehead atoms. The number of halogens is 1. The van der Waals surface area contributed by atoms with E-state index in [-0.39, 0.29) is 30.8 Å². The first kappa shape index (κ1) is 30.7. The fraction of sp³-hybridized carbons (Fsp3) is 0.533. The molecule has 3 rings (SSSR count). The number of fused-ring (bicyclic) bond motifs is 1. The van der Waals surface area contributed by atoms with Crippen molar-refractivity contribution in [2.45, 2.75) is 71.8 Å². The molecule has 2 atom stereocenters. The second-order valence-electron chi connectivity index (χ2n) is 10.8. The molecule has 1 aliphatic rings. The Morgan fingerprint density at radius 1 is 0.923 bits per heavy atom. The van der Waals surface area contributed by atoms with E-state index in [1.807, 2.05) is 46.8 Å². The van der Waals surface area contributed by atoms with E-state index >= 15 is 0 Å². The Labute approximate surface area is 235 Å². The highest BCUT2D eigenvalue weighted by Gasteiger charge is 2.59. The molecule has 1 aliphatic heterocycles. The van der Waals surface area contributed by atoms with Crippen molar-refractivity contribution in [3.05, 3.63) is 58.6 Å². The first-order valence-corrected chi connectivity index (χ1v) is 13.9. The highest BCUT2D eigenvalue weighted by Crippen LogP contribution is 2.41. The monoisotopic (exact) mass is 561 g/mol. The van der Waals surface area contributed by atoms with Crippen molar-refractivity contribution in [1.29, 1.82) is 0 Å². The number of ether oxygens (including phenoxy) is 4. The lowest BCUT2D eigenvalue weighted by molar-refractivity contribution is -0.203. The quantitative estimate of drug-likeness (QED) is 0.238. The van der Waals surface area contributed by atoms with Crippen molar-refractivity contribution in [3.63, 3.8) is 0 Å². The van der Waals surface area contributed by atoms with Crippen LogP contribution in [0.2, 0.25) is 5.02 Å². The summed E-state index contributed by atoms with van der Waals surface area (Å²) in [7, 11) is 0. The topological polar surface area (TPSA) is 103 Å². The molecule has 1 unspecified atom stereocenters. The Bertz CT molecular complexity index is 1090. The number of rotatable bonds is 14. The maximum absolute atomic E-state index is 13.1. The van der Waals surface area contributed by atoms with Gasteiger partial charge in [0.2, 0.25) is 0 Å². The zero-order chi connectivity index (χ0) is 28.6. The zero-order valence-electron chi connectivity index (χ0n) is 23.4. The normalized spacial score (nSPS) is 15.3. The number of aliphatic hydroxyl groups excluding tert-OH is 1. The van der Waals surface area contributed by atoms with E-state index in [0.717, 1.165) is 11.1 Å². The lowest BCUT2D eigenvalue weighted by Crippen LogP contribution is -2.56. The lowest BCUT2D eigenvalue weighted by atomic mass is 10.1. The van der Waals surface area contributed by atoms with E-state index in [9.17, 15) is 14.7 Å². The van der Waals surface area contributed by atoms with Gasteiger partial charge in [0.25, 0.3) is 0 Å². The van der Waals surface area contributed by atoms with Gasteiger partial charge in [0.05, 0.1) is 19.3 Å². The van der Waals surface area contributed by atoms with Crippen LogP contribution in [0.5, 0.6) is 11.5 Å². The summed E-state index contributed by atoms with van der Waals surface area (Å²) in [6.07, 6.45) is 1.17. The number of benzene rings is 2. The van der Waals surface area contributed by atoms with E-state index in [4.69, 9.17) is 30.5 Å². The third-order valence-electron chi connectivity index (χ3n) is 6.34. The van der Waals surface area contributed by atoms with Crippen LogP contribution in [0.25, 0.3) is 0 Å². The van der Waals surface area contributed by atoms with Crippen LogP contribution in [0.3, 0.4) is 0 Å². The fourth-order valence-corrected chi connectivity index (χ4v) is 4.16. The molecule has 0 saturated heterocycles. The number of esters is 2. The molecule has 2 N–H and O–H groups in total. The predicted octanol–water partition coefficient (Wildman–Crippen LogP) is 5.24. The number of aliphatic hydroxyl groups is 1. The molecule has 0 aliphatic carbocycles. The first-order chi connectivity index (χ1) is 18.5. The summed E-state index contributed by atoms with van der Waals surface area (Å²) in [4.78, 5) is 26.2. The second-order valence-corrected chi connectivity index (χ2v) is 11.3. The van der Waals surface area contributed by atoms with Crippen LogP contribution in [0.1, 0.15) is 64.7 Å². The standard InChI is InChI=1S/C30H40ClNO7/c1-19(2)11-13-36-28(34)30(29(35)37-14-12-20(3)4)38-26-10-9-22(16-27(26)39-30)15-21(5)32-18-25(33)23-7-6-8-24(31)17-23/h6-10,16-17,19-21,25,32-33H,11-15,18H2,1-5H3/t21-,25?/m1/s1. The van der Waals surface area contributed by atoms with Gasteiger partial charge in [-0.05, 0) is 73.4 Å². The molecule has 8 nitrogen and oxygen atoms in total. The van der Waals surface area contributed by atoms with E-state index in [1.54, 1.807) is 30.3 Å². The third-order valence-corrected chi connectivity index (χ3v) is 6.58. The van der Waals surface area contributed by atoms with E-state index in [1.165, 1.54) is 0 Å². The minimum Gasteiger partial charge on any atom is -0.459 e. The van der Waals surface area contributed by atoms with Crippen LogP contribution in [0.15, 0.2) is 42.5 Å². The summed E-state index contributed by atoms with van der Waals surface area (Å²) in [6.45, 7) is 10.7. The van der Waals surface area contributed by atoms with Crippen molar-refractivity contribution in [2.24, 2.45) is 11.8 Å². The van der Waals surface area contributed by atoms with Gasteiger partial charge in [-0.2, -0.15) is 0 Å². The Morgan fingerprint density at radius 2 is 1.54 bits per heavy atom. The summed E-state index contributed by atoms with van der Waals surface area (Å²) in [5.41, 5.74) is 1.63. The van der Waals surface area contributed by atoms with Gasteiger partial charge in [-0.25, -0.2) is 9.59 Å². The molecule has 39 heavy (non-hydrogen) atoms. The molecule has 1 heterocycles. The van der Waals surface area contributed by atoms with Crippen molar-refractivity contribution < 1.29 is 33.6 Å². The second kappa shape index (κ2) is 14.0. The molecule has 214 valence electrons. The third kappa shape index (κ3) is 8.59. The molecular formula is C30H40ClNO7. The Morgan fingerprint density at radius 3 is 2.13 bits per heavy atom. The van der Waals surface area contributed by atoms with Gasteiger partial charge in [0.15, 0.2) is 11.5 Å². The molecule has 0 radical (unpaired) electrons. The van der Waals surface area contributed by atoms with Gasteiger partial charge in [0, 0.05) is 17.6 Å². The van der Waals surface area contributed by atoms with Crippen LogP contribution >= 0.6 is 11.6 Å². The van der Waals surface area contributed by atoms with Gasteiger partial charge >= 0.3 is 17.7 Å². The molecule has 0 saturated carbocycles. The van der Waals surface area contributed by atoms with Crippen molar-refractivity contribution in [1.82, 2.24) is 5.32 Å². The van der Waals surface area contributed by atoms with Crippen LogP contribution in [0.4, 0.5) is 0 Å². The minimum absolute atomic E-state index is 0.00552. The fourth-order valence-electron chi connectivity index (χ4n) is 3.96. The Kier molecular flexibility index (Phi) is 11.0. The Hall–Kier alpha value is -2.81. The number of carbonyl (C=O) groups excluding carboxylic acids is 2. The maximum atomic E-state index is 13.1. The van der Waals surface area contributed by atoms with Crippen LogP contribution in [0, 0.1) is 11.8 Å². The number of nitrogens with one attached hydrogen (secondary N) is 1. The van der Waals surface area contributed by atoms with E-state index in [2.05, 4.69) is 5.32 Å². The molecule has 0 spiro atoms. The highest BCUT2D eigenvalue weighted by molar-refractivity contribution is 6.30. The van der Waals surface area contributed by atoms with E-state index in [0.29, 0.717) is 42.7 Å². The molecule has 0 amide bonds. The van der Waals surface area contributed by atoms with Crippen molar-refractivity contribution in [2.75, 3.05) is 19.8 Å². The maximum Gasteiger partial charge on any atom is 0.453 e. The number of hydrogen-bond donors (Lipinski definition) is 2. The minimum atomic E-state index is -2.33. The van der Waals surface area contributed by atoms with Gasteiger partial charge in [0.1, 0.15) is 0 Å². The Balaban J connectivity index is 1.66. The average Bonchev–Trinajstić information content (AvgIpc) is 3.27. The van der Waals surface area contributed by atoms with Crippen molar-refractivity contribution in [3.8, 4) is 11.5 Å². The van der Waals surface area contributed by atoms with Crippen LogP contribution in [-0.2, 0) is 25.5 Å². The summed E-state index contributed by atoms with van der Waals surface area (Å²) in [6, 6.07) is 12.4. The molecule has 0 fully saturated rings. The van der Waals surface area contributed by atoms with Gasteiger partial charge in [-0.1, -0.05) is 57.5 Å². The summed E-state index contributed by atoms with van der Waals surface area (Å²) >= 11 is 6.03. The summed E-state index contributed by atoms with van der Waals surface area (Å²) in [5.74, 6) is -3.03. The molecule has 0 aromatic heterocycles. The summed E-state index contributed by atoms with van der Waals surface area (Å²) < 4.78 is 22.4. The van der Waals surface area contributed by atoms with E-state index < -0.39 is 23.8 Å². The van der Waals surface area contributed by atoms with Crippen molar-refractivity contribution >= 4 is 23.5 Å². The molecule has 2 aromatic rings. The number of carbonyl (C=O) groups is 2. The SMILES string of the molecule is CC(C)CCOC(=O)C1(C(=O)OCCC(C)C)Oc2ccc(C[C@@H](C)NCC(O)c3cccc(Cl)c3)cc2O1. The van der Waals surface area contributed by atoms with Crippen LogP contribution < -0.4 is 14.8 Å². The van der Waals surface area contributed by atoms with Gasteiger partial charge < -0.3 is 29.4 Å². The molecular weight excluding hydrogens is 522 g/mol. The summed E-state index contributed by atoms with van der Waals surface area (Å²) in [5, 5.41) is 14.4. The average molecular weight is 562 g/mol. The lowest BCUT2D eigenvalue weighted by Gasteiger charge is -2.23. The van der Waals surface area contributed by atoms with Gasteiger partial charge in [-0.3, -0.25) is 0 Å². The van der Waals surface area contributed by atoms with Crippen LogP contribution in [-0.4, -0.2) is 48.6 Å².